The zero-order valence-electron chi connectivity index (χ0n) is 10.6. The Labute approximate surface area is 111 Å². The molecule has 0 aromatic heterocycles. The number of fused-ring (bicyclic) bond motifs is 1. The van der Waals surface area contributed by atoms with Crippen molar-refractivity contribution in [2.45, 2.75) is 31.8 Å². The van der Waals surface area contributed by atoms with Gasteiger partial charge in [-0.15, -0.1) is 0 Å². The Morgan fingerprint density at radius 3 is 2.74 bits per heavy atom. The average Bonchev–Trinajstić information content (AvgIpc) is 2.69. The van der Waals surface area contributed by atoms with E-state index in [-0.39, 0.29) is 30.2 Å². The molecule has 2 aliphatic rings. The summed E-state index contributed by atoms with van der Waals surface area (Å²) in [6, 6.07) is 5.70. The predicted octanol–water partition coefficient (Wildman–Crippen LogP) is 0.298. The fourth-order valence-electron chi connectivity index (χ4n) is 2.79. The molecule has 4 N–H and O–H groups in total. The van der Waals surface area contributed by atoms with Crippen LogP contribution in [-0.4, -0.2) is 17.9 Å². The van der Waals surface area contributed by atoms with Gasteiger partial charge in [0, 0.05) is 18.5 Å². The molecule has 0 bridgehead atoms. The third-order valence-electron chi connectivity index (χ3n) is 3.96. The largest absolute Gasteiger partial charge is 0.328 e. The van der Waals surface area contributed by atoms with Crippen molar-refractivity contribution >= 4 is 17.5 Å². The summed E-state index contributed by atoms with van der Waals surface area (Å²) >= 11 is 0. The lowest BCUT2D eigenvalue weighted by atomic mass is 9.80. The molecule has 1 aromatic rings. The van der Waals surface area contributed by atoms with Crippen molar-refractivity contribution in [3.63, 3.8) is 0 Å². The number of anilines is 1. The van der Waals surface area contributed by atoms with Crippen molar-refractivity contribution < 1.29 is 9.59 Å². The van der Waals surface area contributed by atoms with Crippen molar-refractivity contribution in [1.82, 2.24) is 0 Å². The molecular weight excluding hydrogens is 242 g/mol. The highest BCUT2D eigenvalue weighted by Gasteiger charge is 2.40. The molecule has 2 amide bonds. The summed E-state index contributed by atoms with van der Waals surface area (Å²) in [7, 11) is 0. The van der Waals surface area contributed by atoms with Gasteiger partial charge in [0.1, 0.15) is 0 Å². The maximum atomic E-state index is 12.3. The molecule has 0 radical (unpaired) electrons. The van der Waals surface area contributed by atoms with Crippen LogP contribution in [0, 0.1) is 5.92 Å². The van der Waals surface area contributed by atoms with Gasteiger partial charge in [0.2, 0.25) is 11.8 Å². The van der Waals surface area contributed by atoms with Gasteiger partial charge in [-0.1, -0.05) is 12.1 Å². The number of amides is 2. The van der Waals surface area contributed by atoms with E-state index >= 15 is 0 Å². The first-order chi connectivity index (χ1) is 9.10. The summed E-state index contributed by atoms with van der Waals surface area (Å²) in [6.45, 7) is 0.437. The molecule has 0 atom stereocenters. The molecule has 0 saturated heterocycles. The molecule has 19 heavy (non-hydrogen) atoms. The van der Waals surface area contributed by atoms with Gasteiger partial charge in [0.25, 0.3) is 0 Å². The van der Waals surface area contributed by atoms with E-state index in [1.54, 1.807) is 0 Å². The highest BCUT2D eigenvalue weighted by Crippen LogP contribution is 2.35. The van der Waals surface area contributed by atoms with Gasteiger partial charge in [-0.05, 0) is 30.0 Å². The molecule has 5 heteroatoms. The van der Waals surface area contributed by atoms with E-state index in [2.05, 4.69) is 0 Å². The number of carbonyl (C=O) groups excluding carboxylic acids is 2. The van der Waals surface area contributed by atoms with Crippen LogP contribution in [0.1, 0.15) is 24.0 Å². The quantitative estimate of drug-likeness (QED) is 0.747. The summed E-state index contributed by atoms with van der Waals surface area (Å²) < 4.78 is 0. The number of imide groups is 1. The minimum Gasteiger partial charge on any atom is -0.328 e. The summed E-state index contributed by atoms with van der Waals surface area (Å²) in [5.74, 6) is -0.348. The van der Waals surface area contributed by atoms with Crippen LogP contribution in [0.3, 0.4) is 0 Å². The van der Waals surface area contributed by atoms with Gasteiger partial charge in [0.15, 0.2) is 0 Å². The Kier molecular flexibility index (Phi) is 2.88. The van der Waals surface area contributed by atoms with E-state index in [4.69, 9.17) is 11.5 Å². The maximum absolute atomic E-state index is 12.3. The van der Waals surface area contributed by atoms with E-state index in [0.29, 0.717) is 25.1 Å². The Hall–Kier alpha value is -1.72. The van der Waals surface area contributed by atoms with Crippen LogP contribution in [0.5, 0.6) is 0 Å². The minimum absolute atomic E-state index is 0.0981. The van der Waals surface area contributed by atoms with Crippen LogP contribution in [-0.2, 0) is 22.6 Å². The van der Waals surface area contributed by atoms with Crippen molar-refractivity contribution in [1.29, 1.82) is 0 Å². The van der Waals surface area contributed by atoms with Crippen molar-refractivity contribution in [3.05, 3.63) is 29.3 Å². The van der Waals surface area contributed by atoms with E-state index in [0.717, 1.165) is 11.1 Å². The van der Waals surface area contributed by atoms with E-state index in [1.807, 2.05) is 18.2 Å². The van der Waals surface area contributed by atoms with Crippen LogP contribution in [0.2, 0.25) is 0 Å². The molecule has 1 aliphatic heterocycles. The number of nitrogens with two attached hydrogens (primary N) is 2. The molecule has 0 spiro atoms. The lowest BCUT2D eigenvalue weighted by molar-refractivity contribution is -0.130. The molecule has 1 saturated carbocycles. The van der Waals surface area contributed by atoms with Gasteiger partial charge in [-0.3, -0.25) is 9.59 Å². The molecule has 1 heterocycles. The Balaban J connectivity index is 1.88. The number of nitrogens with zero attached hydrogens (tertiary/aromatic N) is 1. The lowest BCUT2D eigenvalue weighted by Crippen LogP contribution is -2.47. The Morgan fingerprint density at radius 2 is 2.11 bits per heavy atom. The first-order valence-electron chi connectivity index (χ1n) is 6.54. The van der Waals surface area contributed by atoms with Crippen LogP contribution in [0.15, 0.2) is 18.2 Å². The van der Waals surface area contributed by atoms with Gasteiger partial charge >= 0.3 is 0 Å². The SMILES string of the molecule is NCc1ccc2c(c1)CC(=O)N2C(=O)C1CC(N)C1. The molecule has 0 unspecified atom stereocenters. The third-order valence-corrected chi connectivity index (χ3v) is 3.96. The molecular formula is C14H17N3O2. The summed E-state index contributed by atoms with van der Waals surface area (Å²) in [6.07, 6.45) is 1.64. The van der Waals surface area contributed by atoms with Crippen LogP contribution in [0.4, 0.5) is 5.69 Å². The Morgan fingerprint density at radius 1 is 1.37 bits per heavy atom. The number of rotatable bonds is 2. The third kappa shape index (κ3) is 1.95. The zero-order chi connectivity index (χ0) is 13.6. The highest BCUT2D eigenvalue weighted by atomic mass is 16.2. The molecule has 1 fully saturated rings. The van der Waals surface area contributed by atoms with Crippen molar-refractivity contribution in [3.8, 4) is 0 Å². The smallest absolute Gasteiger partial charge is 0.238 e. The van der Waals surface area contributed by atoms with Crippen LogP contribution < -0.4 is 16.4 Å². The lowest BCUT2D eigenvalue weighted by Gasteiger charge is -2.33. The second kappa shape index (κ2) is 4.43. The highest BCUT2D eigenvalue weighted by molar-refractivity contribution is 6.19. The van der Waals surface area contributed by atoms with Gasteiger partial charge in [-0.2, -0.15) is 0 Å². The summed E-state index contributed by atoms with van der Waals surface area (Å²) in [4.78, 5) is 25.7. The molecule has 1 aliphatic carbocycles. The summed E-state index contributed by atoms with van der Waals surface area (Å²) in [5, 5.41) is 0. The second-order valence-electron chi connectivity index (χ2n) is 5.34. The monoisotopic (exact) mass is 259 g/mol. The molecule has 3 rings (SSSR count). The number of hydrogen-bond acceptors (Lipinski definition) is 4. The normalized spacial score (nSPS) is 25.2. The van der Waals surface area contributed by atoms with E-state index < -0.39 is 0 Å². The predicted molar refractivity (Wildman–Crippen MR) is 71.2 cm³/mol. The minimum atomic E-state index is -0.144. The first kappa shape index (κ1) is 12.3. The number of hydrogen-bond donors (Lipinski definition) is 2. The Bertz CT molecular complexity index is 550. The van der Waals surface area contributed by atoms with Gasteiger partial charge in [-0.25, -0.2) is 4.90 Å². The molecule has 5 nitrogen and oxygen atoms in total. The van der Waals surface area contributed by atoms with Gasteiger partial charge < -0.3 is 11.5 Å². The van der Waals surface area contributed by atoms with E-state index in [9.17, 15) is 9.59 Å². The fourth-order valence-corrected chi connectivity index (χ4v) is 2.79. The topological polar surface area (TPSA) is 89.4 Å². The first-order valence-corrected chi connectivity index (χ1v) is 6.54. The maximum Gasteiger partial charge on any atom is 0.238 e. The average molecular weight is 259 g/mol. The zero-order valence-corrected chi connectivity index (χ0v) is 10.6. The van der Waals surface area contributed by atoms with Crippen molar-refractivity contribution in [2.75, 3.05) is 4.90 Å². The fraction of sp³-hybridized carbons (Fsp3) is 0.429. The van der Waals surface area contributed by atoms with Crippen LogP contribution in [0.25, 0.3) is 0 Å². The van der Waals surface area contributed by atoms with Crippen molar-refractivity contribution in [2.24, 2.45) is 17.4 Å². The van der Waals surface area contributed by atoms with Gasteiger partial charge in [0.05, 0.1) is 12.1 Å². The van der Waals surface area contributed by atoms with E-state index in [1.165, 1.54) is 4.90 Å². The molecule has 100 valence electrons. The standard InChI is InChI=1S/C14H17N3O2/c15-7-8-1-2-12-9(3-8)6-13(18)17(12)14(19)10-4-11(16)5-10/h1-3,10-11H,4-7,15-16H2. The number of benzene rings is 1. The number of carbonyl (C=O) groups is 2. The van der Waals surface area contributed by atoms with Crippen LogP contribution >= 0.6 is 0 Å². The second-order valence-corrected chi connectivity index (χ2v) is 5.34. The summed E-state index contributed by atoms with van der Waals surface area (Å²) in [5.41, 5.74) is 13.9. The molecule has 1 aromatic carbocycles.